The van der Waals surface area contributed by atoms with E-state index < -0.39 is 0 Å². The third kappa shape index (κ3) is 3.81. The first kappa shape index (κ1) is 15.0. The van der Waals surface area contributed by atoms with Crippen LogP contribution in [0.2, 0.25) is 5.02 Å². The van der Waals surface area contributed by atoms with Gasteiger partial charge in [-0.05, 0) is 67.1 Å². The zero-order chi connectivity index (χ0) is 14.0. The van der Waals surface area contributed by atoms with Crippen LogP contribution < -0.4 is 0 Å². The normalized spacial score (nSPS) is 10.5. The van der Waals surface area contributed by atoms with Crippen LogP contribution in [0.1, 0.15) is 15.9 Å². The molecule has 0 spiro atoms. The fourth-order valence-corrected chi connectivity index (χ4v) is 3.43. The number of benzene rings is 1. The highest BCUT2D eigenvalue weighted by Crippen LogP contribution is 2.24. The SMILES string of the molecule is CN(Cc1csc(Br)c1)C(=O)c1cc(Cl)ccc1Br. The molecule has 0 atom stereocenters. The minimum atomic E-state index is -0.0586. The summed E-state index contributed by atoms with van der Waals surface area (Å²) < 4.78 is 1.81. The van der Waals surface area contributed by atoms with Crippen molar-refractivity contribution in [3.63, 3.8) is 0 Å². The average molecular weight is 424 g/mol. The average Bonchev–Trinajstić information content (AvgIpc) is 2.77. The number of hydrogen-bond donors (Lipinski definition) is 0. The van der Waals surface area contributed by atoms with Gasteiger partial charge >= 0.3 is 0 Å². The molecule has 0 aliphatic rings. The monoisotopic (exact) mass is 421 g/mol. The molecule has 1 amide bonds. The predicted octanol–water partition coefficient (Wildman–Crippen LogP) is 5.20. The number of halogens is 3. The van der Waals surface area contributed by atoms with E-state index in [0.717, 1.165) is 13.8 Å². The Kier molecular flexibility index (Phi) is 5.06. The van der Waals surface area contributed by atoms with Gasteiger partial charge in [-0.3, -0.25) is 4.79 Å². The number of carbonyl (C=O) groups is 1. The molecule has 0 unspecified atom stereocenters. The van der Waals surface area contributed by atoms with Crippen molar-refractivity contribution < 1.29 is 4.79 Å². The summed E-state index contributed by atoms with van der Waals surface area (Å²) in [6, 6.07) is 7.22. The van der Waals surface area contributed by atoms with Crippen LogP contribution in [0.3, 0.4) is 0 Å². The van der Waals surface area contributed by atoms with Crippen LogP contribution in [0, 0.1) is 0 Å². The number of rotatable bonds is 3. The molecule has 1 aromatic heterocycles. The van der Waals surface area contributed by atoms with E-state index in [2.05, 4.69) is 31.9 Å². The Bertz CT molecular complexity index is 614. The highest BCUT2D eigenvalue weighted by molar-refractivity contribution is 9.11. The molecule has 2 rings (SSSR count). The van der Waals surface area contributed by atoms with Gasteiger partial charge in [-0.15, -0.1) is 11.3 Å². The number of thiophene rings is 1. The van der Waals surface area contributed by atoms with Gasteiger partial charge in [-0.2, -0.15) is 0 Å². The second-order valence-corrected chi connectivity index (χ2v) is 7.63. The van der Waals surface area contributed by atoms with Crippen molar-refractivity contribution in [2.45, 2.75) is 6.54 Å². The van der Waals surface area contributed by atoms with Gasteiger partial charge in [0.25, 0.3) is 5.91 Å². The van der Waals surface area contributed by atoms with E-state index in [4.69, 9.17) is 11.6 Å². The Labute approximate surface area is 137 Å². The lowest BCUT2D eigenvalue weighted by molar-refractivity contribution is 0.0784. The standard InChI is InChI=1S/C13H10Br2ClNOS/c1-17(6-8-4-12(15)19-7-8)13(18)10-5-9(16)2-3-11(10)14/h2-5,7H,6H2,1H3. The lowest BCUT2D eigenvalue weighted by atomic mass is 10.2. The summed E-state index contributed by atoms with van der Waals surface area (Å²) >= 11 is 14.3. The third-order valence-electron chi connectivity index (χ3n) is 2.55. The Morgan fingerprint density at radius 2 is 2.11 bits per heavy atom. The molecule has 0 aliphatic heterocycles. The first-order chi connectivity index (χ1) is 8.97. The van der Waals surface area contributed by atoms with E-state index in [1.165, 1.54) is 0 Å². The molecule has 2 aromatic rings. The largest absolute Gasteiger partial charge is 0.337 e. The molecule has 1 aromatic carbocycles. The molecule has 0 saturated carbocycles. The Morgan fingerprint density at radius 3 is 2.74 bits per heavy atom. The Morgan fingerprint density at radius 1 is 1.37 bits per heavy atom. The molecule has 0 fully saturated rings. The second kappa shape index (κ2) is 6.39. The van der Waals surface area contributed by atoms with Crippen LogP contribution in [0.4, 0.5) is 0 Å². The first-order valence-electron chi connectivity index (χ1n) is 5.41. The molecular weight excluding hydrogens is 413 g/mol. The molecule has 0 saturated heterocycles. The van der Waals surface area contributed by atoms with Crippen molar-refractivity contribution in [2.75, 3.05) is 7.05 Å². The lowest BCUT2D eigenvalue weighted by Gasteiger charge is -2.17. The highest BCUT2D eigenvalue weighted by Gasteiger charge is 2.16. The minimum absolute atomic E-state index is 0.0586. The van der Waals surface area contributed by atoms with Gasteiger partial charge in [0, 0.05) is 23.1 Å². The van der Waals surface area contributed by atoms with E-state index in [-0.39, 0.29) is 5.91 Å². The molecule has 19 heavy (non-hydrogen) atoms. The van der Waals surface area contributed by atoms with Gasteiger partial charge in [-0.25, -0.2) is 0 Å². The summed E-state index contributed by atoms with van der Waals surface area (Å²) in [7, 11) is 1.78. The molecule has 1 heterocycles. The van der Waals surface area contributed by atoms with Crippen LogP contribution in [0.25, 0.3) is 0 Å². The zero-order valence-corrected chi connectivity index (χ0v) is 14.7. The van der Waals surface area contributed by atoms with Crippen molar-refractivity contribution in [3.8, 4) is 0 Å². The number of hydrogen-bond acceptors (Lipinski definition) is 2. The van der Waals surface area contributed by atoms with Crippen LogP contribution in [0.5, 0.6) is 0 Å². The second-order valence-electron chi connectivity index (χ2n) is 4.04. The van der Waals surface area contributed by atoms with Crippen LogP contribution >= 0.6 is 54.8 Å². The van der Waals surface area contributed by atoms with E-state index >= 15 is 0 Å². The van der Waals surface area contributed by atoms with E-state index in [1.54, 1.807) is 41.5 Å². The van der Waals surface area contributed by atoms with Crippen LogP contribution in [-0.2, 0) is 6.54 Å². The van der Waals surface area contributed by atoms with Gasteiger partial charge in [0.05, 0.1) is 9.35 Å². The molecule has 6 heteroatoms. The summed E-state index contributed by atoms with van der Waals surface area (Å²) in [4.78, 5) is 14.0. The molecule has 0 bridgehead atoms. The van der Waals surface area contributed by atoms with Gasteiger partial charge in [0.15, 0.2) is 0 Å². The highest BCUT2D eigenvalue weighted by atomic mass is 79.9. The summed E-state index contributed by atoms with van der Waals surface area (Å²) in [6.07, 6.45) is 0. The van der Waals surface area contributed by atoms with Gasteiger partial charge < -0.3 is 4.90 Å². The first-order valence-corrected chi connectivity index (χ1v) is 8.25. The minimum Gasteiger partial charge on any atom is -0.337 e. The van der Waals surface area contributed by atoms with Gasteiger partial charge in [0.1, 0.15) is 0 Å². The zero-order valence-electron chi connectivity index (χ0n) is 9.99. The van der Waals surface area contributed by atoms with E-state index in [1.807, 2.05) is 11.4 Å². The van der Waals surface area contributed by atoms with Crippen molar-refractivity contribution in [2.24, 2.45) is 0 Å². The maximum Gasteiger partial charge on any atom is 0.255 e. The number of nitrogens with zero attached hydrogens (tertiary/aromatic N) is 1. The van der Waals surface area contributed by atoms with Gasteiger partial charge in [-0.1, -0.05) is 11.6 Å². The number of carbonyl (C=O) groups excluding carboxylic acids is 1. The van der Waals surface area contributed by atoms with Crippen molar-refractivity contribution in [1.82, 2.24) is 4.90 Å². The summed E-state index contributed by atoms with van der Waals surface area (Å²) in [5.74, 6) is -0.0586. The van der Waals surface area contributed by atoms with Crippen molar-refractivity contribution >= 4 is 60.7 Å². The lowest BCUT2D eigenvalue weighted by Crippen LogP contribution is -2.26. The summed E-state index contributed by atoms with van der Waals surface area (Å²) in [5, 5.41) is 2.58. The van der Waals surface area contributed by atoms with Gasteiger partial charge in [0.2, 0.25) is 0 Å². The molecule has 0 N–H and O–H groups in total. The maximum absolute atomic E-state index is 12.4. The molecule has 0 radical (unpaired) electrons. The third-order valence-corrected chi connectivity index (χ3v) is 5.03. The predicted molar refractivity (Wildman–Crippen MR) is 87.0 cm³/mol. The number of amides is 1. The maximum atomic E-state index is 12.4. The smallest absolute Gasteiger partial charge is 0.255 e. The Balaban J connectivity index is 2.16. The Hall–Kier alpha value is -0.360. The molecule has 2 nitrogen and oxygen atoms in total. The van der Waals surface area contributed by atoms with E-state index in [0.29, 0.717) is 17.1 Å². The van der Waals surface area contributed by atoms with E-state index in [9.17, 15) is 4.79 Å². The van der Waals surface area contributed by atoms with Crippen molar-refractivity contribution in [1.29, 1.82) is 0 Å². The molecule has 0 aliphatic carbocycles. The molecule has 100 valence electrons. The summed E-state index contributed by atoms with van der Waals surface area (Å²) in [6.45, 7) is 0.569. The topological polar surface area (TPSA) is 20.3 Å². The fourth-order valence-electron chi connectivity index (χ4n) is 1.64. The van der Waals surface area contributed by atoms with Crippen LogP contribution in [-0.4, -0.2) is 17.9 Å². The van der Waals surface area contributed by atoms with Crippen LogP contribution in [0.15, 0.2) is 37.9 Å². The summed E-state index contributed by atoms with van der Waals surface area (Å²) in [5.41, 5.74) is 1.68. The molecular formula is C13H10Br2ClNOS. The quantitative estimate of drug-likeness (QED) is 0.665. The van der Waals surface area contributed by atoms with Crippen molar-refractivity contribution in [3.05, 3.63) is 54.1 Å². The fraction of sp³-hybridized carbons (Fsp3) is 0.154.